The van der Waals surface area contributed by atoms with E-state index in [0.717, 1.165) is 18.4 Å². The van der Waals surface area contributed by atoms with Gasteiger partial charge in [-0.15, -0.1) is 0 Å². The van der Waals surface area contributed by atoms with Gasteiger partial charge in [0.15, 0.2) is 11.2 Å². The molecule has 6 nitrogen and oxygen atoms in total. The molecule has 0 bridgehead atoms. The van der Waals surface area contributed by atoms with Crippen LogP contribution in [0.1, 0.15) is 18.4 Å². The molecular weight excluding hydrogens is 326 g/mol. The van der Waals surface area contributed by atoms with E-state index in [-0.39, 0.29) is 5.56 Å². The van der Waals surface area contributed by atoms with E-state index in [2.05, 4.69) is 45.3 Å². The van der Waals surface area contributed by atoms with Crippen LogP contribution < -0.4 is 10.5 Å². The molecule has 0 saturated heterocycles. The van der Waals surface area contributed by atoms with Crippen LogP contribution in [0.2, 0.25) is 0 Å². The highest BCUT2D eigenvalue weighted by Crippen LogP contribution is 2.28. The molecule has 130 valence electrons. The molecule has 1 N–H and O–H groups in total. The molecule has 1 aliphatic rings. The number of fused-ring (bicyclic) bond motifs is 2. The fraction of sp³-hybridized carbons (Fsp3) is 0.250. The van der Waals surface area contributed by atoms with Crippen molar-refractivity contribution in [3.8, 4) is 0 Å². The number of H-pyrrole nitrogens is 1. The SMILES string of the molecule is CN(c1nc2ncn(Cc3ccc4ccccc4c3)c2c(=O)[nH]1)C1CC1. The number of benzene rings is 2. The van der Waals surface area contributed by atoms with Crippen molar-refractivity contribution in [1.82, 2.24) is 19.5 Å². The van der Waals surface area contributed by atoms with Gasteiger partial charge in [0.05, 0.1) is 6.33 Å². The van der Waals surface area contributed by atoms with Crippen LogP contribution in [0.3, 0.4) is 0 Å². The van der Waals surface area contributed by atoms with E-state index in [1.807, 2.05) is 28.6 Å². The van der Waals surface area contributed by atoms with Gasteiger partial charge >= 0.3 is 0 Å². The number of aromatic amines is 1. The minimum Gasteiger partial charge on any atom is -0.342 e. The van der Waals surface area contributed by atoms with Crippen molar-refractivity contribution in [2.45, 2.75) is 25.4 Å². The fourth-order valence-electron chi connectivity index (χ4n) is 3.43. The van der Waals surface area contributed by atoms with Crippen molar-refractivity contribution < 1.29 is 0 Å². The second-order valence-corrected chi connectivity index (χ2v) is 6.96. The first kappa shape index (κ1) is 15.1. The molecule has 5 rings (SSSR count). The quantitative estimate of drug-likeness (QED) is 0.617. The summed E-state index contributed by atoms with van der Waals surface area (Å²) < 4.78 is 1.87. The summed E-state index contributed by atoms with van der Waals surface area (Å²) in [6, 6.07) is 15.1. The fourth-order valence-corrected chi connectivity index (χ4v) is 3.43. The Hall–Kier alpha value is -3.15. The Kier molecular flexibility index (Phi) is 3.31. The van der Waals surface area contributed by atoms with E-state index in [1.165, 1.54) is 10.8 Å². The van der Waals surface area contributed by atoms with Gasteiger partial charge in [-0.3, -0.25) is 9.78 Å². The molecule has 0 atom stereocenters. The van der Waals surface area contributed by atoms with Gasteiger partial charge < -0.3 is 9.47 Å². The van der Waals surface area contributed by atoms with Crippen molar-refractivity contribution in [3.05, 3.63) is 64.7 Å². The van der Waals surface area contributed by atoms with Crippen molar-refractivity contribution in [2.75, 3.05) is 11.9 Å². The standard InChI is InChI=1S/C20H19N5O/c1-24(16-8-9-16)20-22-18-17(19(26)23-20)25(12-21-18)11-13-6-7-14-4-2-3-5-15(14)10-13/h2-7,10,12,16H,8-9,11H2,1H3,(H,22,23,26). The molecular formula is C20H19N5O. The Balaban J connectivity index is 1.53. The smallest absolute Gasteiger partial charge is 0.278 e. The van der Waals surface area contributed by atoms with Crippen LogP contribution in [0.4, 0.5) is 5.95 Å². The lowest BCUT2D eigenvalue weighted by molar-refractivity contribution is 0.817. The number of imidazole rings is 1. The summed E-state index contributed by atoms with van der Waals surface area (Å²) in [6.07, 6.45) is 3.99. The number of aromatic nitrogens is 4. The largest absolute Gasteiger partial charge is 0.342 e. The van der Waals surface area contributed by atoms with Crippen LogP contribution in [0, 0.1) is 0 Å². The van der Waals surface area contributed by atoms with Gasteiger partial charge in [-0.1, -0.05) is 36.4 Å². The van der Waals surface area contributed by atoms with Crippen LogP contribution in [-0.2, 0) is 6.54 Å². The highest BCUT2D eigenvalue weighted by molar-refractivity contribution is 5.83. The molecule has 2 heterocycles. The first-order valence-corrected chi connectivity index (χ1v) is 8.85. The normalized spacial score (nSPS) is 14.2. The van der Waals surface area contributed by atoms with E-state index >= 15 is 0 Å². The molecule has 4 aromatic rings. The molecule has 2 aromatic heterocycles. The number of nitrogens with one attached hydrogen (secondary N) is 1. The number of hydrogen-bond acceptors (Lipinski definition) is 4. The Bertz CT molecular complexity index is 1170. The maximum absolute atomic E-state index is 12.6. The summed E-state index contributed by atoms with van der Waals surface area (Å²) in [5.41, 5.74) is 2.00. The lowest BCUT2D eigenvalue weighted by Gasteiger charge is -2.16. The molecule has 0 spiro atoms. The predicted octanol–water partition coefficient (Wildman–Crippen LogP) is 2.92. The zero-order chi connectivity index (χ0) is 17.7. The van der Waals surface area contributed by atoms with Gasteiger partial charge in [-0.05, 0) is 35.2 Å². The molecule has 0 unspecified atom stereocenters. The number of nitrogens with zero attached hydrogens (tertiary/aromatic N) is 4. The molecule has 1 fully saturated rings. The molecule has 0 aliphatic heterocycles. The summed E-state index contributed by atoms with van der Waals surface area (Å²) in [5.74, 6) is 0.598. The van der Waals surface area contributed by atoms with Gasteiger partial charge in [-0.2, -0.15) is 4.98 Å². The second-order valence-electron chi connectivity index (χ2n) is 6.96. The molecule has 2 aromatic carbocycles. The lowest BCUT2D eigenvalue weighted by atomic mass is 10.1. The van der Waals surface area contributed by atoms with Crippen molar-refractivity contribution in [3.63, 3.8) is 0 Å². The van der Waals surface area contributed by atoms with Crippen LogP contribution in [-0.4, -0.2) is 32.6 Å². The third-order valence-electron chi connectivity index (χ3n) is 5.07. The number of anilines is 1. The van der Waals surface area contributed by atoms with Crippen LogP contribution >= 0.6 is 0 Å². The average molecular weight is 345 g/mol. The van der Waals surface area contributed by atoms with E-state index in [1.54, 1.807) is 6.33 Å². The van der Waals surface area contributed by atoms with Crippen LogP contribution in [0.5, 0.6) is 0 Å². The van der Waals surface area contributed by atoms with E-state index < -0.39 is 0 Å². The Morgan fingerprint density at radius 2 is 2.00 bits per heavy atom. The van der Waals surface area contributed by atoms with Gasteiger partial charge in [0.25, 0.3) is 5.56 Å². The van der Waals surface area contributed by atoms with Gasteiger partial charge in [0.1, 0.15) is 0 Å². The summed E-state index contributed by atoms with van der Waals surface area (Å²) >= 11 is 0. The average Bonchev–Trinajstić information content (AvgIpc) is 3.43. The van der Waals surface area contributed by atoms with E-state index in [0.29, 0.717) is 29.7 Å². The number of hydrogen-bond donors (Lipinski definition) is 1. The Morgan fingerprint density at radius 1 is 1.19 bits per heavy atom. The molecule has 6 heteroatoms. The number of rotatable bonds is 4. The minimum atomic E-state index is -0.143. The molecule has 0 amide bonds. The van der Waals surface area contributed by atoms with Crippen molar-refractivity contribution >= 4 is 27.9 Å². The first-order valence-electron chi connectivity index (χ1n) is 8.85. The maximum Gasteiger partial charge on any atom is 0.278 e. The monoisotopic (exact) mass is 345 g/mol. The summed E-state index contributed by atoms with van der Waals surface area (Å²) in [6.45, 7) is 0.587. The molecule has 1 aliphatic carbocycles. The molecule has 0 radical (unpaired) electrons. The topological polar surface area (TPSA) is 66.8 Å². The summed E-state index contributed by atoms with van der Waals surface area (Å²) in [7, 11) is 1.97. The zero-order valence-electron chi connectivity index (χ0n) is 14.5. The maximum atomic E-state index is 12.6. The van der Waals surface area contributed by atoms with Crippen LogP contribution in [0.15, 0.2) is 53.6 Å². The third-order valence-corrected chi connectivity index (χ3v) is 5.07. The Morgan fingerprint density at radius 3 is 2.81 bits per heavy atom. The van der Waals surface area contributed by atoms with Gasteiger partial charge in [-0.25, -0.2) is 4.98 Å². The first-order chi connectivity index (χ1) is 12.7. The second kappa shape index (κ2) is 5.69. The van der Waals surface area contributed by atoms with Crippen LogP contribution in [0.25, 0.3) is 21.9 Å². The van der Waals surface area contributed by atoms with E-state index in [4.69, 9.17) is 0 Å². The van der Waals surface area contributed by atoms with Gasteiger partial charge in [0, 0.05) is 19.6 Å². The zero-order valence-corrected chi connectivity index (χ0v) is 14.5. The summed E-state index contributed by atoms with van der Waals surface area (Å²) in [4.78, 5) is 26.5. The third kappa shape index (κ3) is 2.54. The Labute approximate surface area is 150 Å². The van der Waals surface area contributed by atoms with E-state index in [9.17, 15) is 4.79 Å². The lowest BCUT2D eigenvalue weighted by Crippen LogP contribution is -2.25. The molecule has 26 heavy (non-hydrogen) atoms. The van der Waals surface area contributed by atoms with Crippen molar-refractivity contribution in [2.24, 2.45) is 0 Å². The highest BCUT2D eigenvalue weighted by atomic mass is 16.1. The predicted molar refractivity (Wildman–Crippen MR) is 103 cm³/mol. The molecule has 1 saturated carbocycles. The summed E-state index contributed by atoms with van der Waals surface area (Å²) in [5, 5.41) is 2.40. The van der Waals surface area contributed by atoms with Crippen molar-refractivity contribution in [1.29, 1.82) is 0 Å². The highest BCUT2D eigenvalue weighted by Gasteiger charge is 2.28. The minimum absolute atomic E-state index is 0.143. The van der Waals surface area contributed by atoms with Gasteiger partial charge in [0.2, 0.25) is 5.95 Å².